The summed E-state index contributed by atoms with van der Waals surface area (Å²) in [6, 6.07) is 5.75. The highest BCUT2D eigenvalue weighted by Gasteiger charge is 2.47. The molecular formula is C58H82N12O8. The van der Waals surface area contributed by atoms with Crippen molar-refractivity contribution in [2.45, 2.75) is 169 Å². The number of carbonyl (C=O) groups is 5. The molecule has 0 unspecified atom stereocenters. The molecule has 7 bridgehead atoms. The fourth-order valence-electron chi connectivity index (χ4n) is 12.7. The molecule has 3 saturated heterocycles. The van der Waals surface area contributed by atoms with Crippen molar-refractivity contribution in [3.8, 4) is 22.6 Å². The zero-order valence-corrected chi connectivity index (χ0v) is 47.8. The van der Waals surface area contributed by atoms with Gasteiger partial charge in [-0.25, -0.2) is 19.9 Å². The number of hydrogen-bond acceptors (Lipinski definition) is 14. The van der Waals surface area contributed by atoms with Crippen LogP contribution in [0.4, 0.5) is 10.5 Å². The number of amides is 4. The molecule has 4 aromatic rings. The first-order valence-electron chi connectivity index (χ1n) is 28.6. The van der Waals surface area contributed by atoms with Gasteiger partial charge >= 0.3 is 12.1 Å². The summed E-state index contributed by atoms with van der Waals surface area (Å²) in [5, 5.41) is 10.7. The SMILES string of the molecule is CCn1c(-c2cc(N3CCN(C4CC4)CC3)cnc2[C@H](C)OC)c2c3cc(ccc31)-c1nc3n(n1)CC[C@@H]1[C@H](CCN1C(=O)OC(C)(C)C)C(=O)N(C)[C@@H](C(C)C)C(=O)N[C@@H](C3)C(=O)N1CCC[C@H](N1)C(=O)OCC(C)(C)C2. The Morgan fingerprint density at radius 3 is 2.37 bits per heavy atom. The fraction of sp³-hybridized carbons (Fsp3) is 0.655. The van der Waals surface area contributed by atoms with E-state index < -0.39 is 65.0 Å². The number of anilines is 1. The molecule has 4 fully saturated rings. The summed E-state index contributed by atoms with van der Waals surface area (Å²) in [5.74, 6) is -1.84. The van der Waals surface area contributed by atoms with Crippen LogP contribution >= 0.6 is 0 Å². The topological polar surface area (TPSA) is 202 Å². The van der Waals surface area contributed by atoms with Gasteiger partial charge in [0.05, 0.1) is 41.9 Å². The number of rotatable bonds is 7. The molecule has 8 heterocycles. The zero-order valence-electron chi connectivity index (χ0n) is 47.8. The molecule has 0 spiro atoms. The van der Waals surface area contributed by atoms with Gasteiger partial charge in [0.25, 0.3) is 5.91 Å². The number of hydrazine groups is 1. The summed E-state index contributed by atoms with van der Waals surface area (Å²) < 4.78 is 22.4. The van der Waals surface area contributed by atoms with Gasteiger partial charge in [0.15, 0.2) is 5.82 Å². The molecule has 1 aliphatic carbocycles. The smallest absolute Gasteiger partial charge is 0.410 e. The molecule has 0 radical (unpaired) electrons. The van der Waals surface area contributed by atoms with Crippen LogP contribution in [0.1, 0.15) is 124 Å². The molecule has 422 valence electrons. The van der Waals surface area contributed by atoms with E-state index in [9.17, 15) is 19.2 Å². The molecule has 4 amide bonds. The summed E-state index contributed by atoms with van der Waals surface area (Å²) in [4.78, 5) is 91.5. The Labute approximate surface area is 458 Å². The molecule has 20 nitrogen and oxygen atoms in total. The van der Waals surface area contributed by atoms with Crippen LogP contribution in [0, 0.1) is 17.3 Å². The Bertz CT molecular complexity index is 2930. The van der Waals surface area contributed by atoms with E-state index in [4.69, 9.17) is 29.3 Å². The summed E-state index contributed by atoms with van der Waals surface area (Å²) in [7, 11) is 3.34. The number of fused-ring (bicyclic) bond motifs is 7. The highest BCUT2D eigenvalue weighted by Crippen LogP contribution is 2.43. The number of pyridine rings is 1. The number of likely N-dealkylation sites (N-methyl/N-ethyl adjacent to an activating group) is 1. The predicted molar refractivity (Wildman–Crippen MR) is 295 cm³/mol. The van der Waals surface area contributed by atoms with E-state index in [1.54, 1.807) is 23.7 Å². The lowest BCUT2D eigenvalue weighted by Crippen LogP contribution is -2.62. The molecule has 6 atom stereocenters. The molecule has 1 saturated carbocycles. The number of benzene rings is 1. The van der Waals surface area contributed by atoms with Gasteiger partial charge in [0.1, 0.15) is 29.6 Å². The Balaban J connectivity index is 1.14. The average Bonchev–Trinajstić information content (AvgIpc) is 4.17. The molecular weight excluding hydrogens is 993 g/mol. The molecule has 78 heavy (non-hydrogen) atoms. The first kappa shape index (κ1) is 55.2. The highest BCUT2D eigenvalue weighted by atomic mass is 16.6. The third kappa shape index (κ3) is 11.1. The lowest BCUT2D eigenvalue weighted by atomic mass is 9.84. The van der Waals surface area contributed by atoms with E-state index in [1.165, 1.54) is 22.8 Å². The van der Waals surface area contributed by atoms with Crippen molar-refractivity contribution in [3.05, 3.63) is 47.5 Å². The van der Waals surface area contributed by atoms with Gasteiger partial charge in [-0.3, -0.25) is 34.1 Å². The van der Waals surface area contributed by atoms with Crippen LogP contribution in [0.3, 0.4) is 0 Å². The average molecular weight is 1080 g/mol. The number of aromatic nitrogens is 5. The number of hydrogen-bond donors (Lipinski definition) is 2. The normalized spacial score (nSPS) is 25.3. The summed E-state index contributed by atoms with van der Waals surface area (Å²) in [6.45, 7) is 23.0. The van der Waals surface area contributed by atoms with Gasteiger partial charge in [-0.1, -0.05) is 27.7 Å². The van der Waals surface area contributed by atoms with E-state index in [-0.39, 0.29) is 44.0 Å². The monoisotopic (exact) mass is 1070 g/mol. The van der Waals surface area contributed by atoms with Crippen molar-refractivity contribution < 1.29 is 38.2 Å². The maximum atomic E-state index is 15.0. The van der Waals surface area contributed by atoms with Crippen molar-refractivity contribution in [2.75, 3.05) is 64.9 Å². The molecule has 10 rings (SSSR count). The van der Waals surface area contributed by atoms with Crippen molar-refractivity contribution in [2.24, 2.45) is 17.3 Å². The number of piperazine rings is 1. The fourth-order valence-corrected chi connectivity index (χ4v) is 12.7. The summed E-state index contributed by atoms with van der Waals surface area (Å²) in [5.41, 5.74) is 8.52. The van der Waals surface area contributed by atoms with Gasteiger partial charge in [-0.2, -0.15) is 5.10 Å². The summed E-state index contributed by atoms with van der Waals surface area (Å²) in [6.07, 6.45) is 5.83. The minimum absolute atomic E-state index is 0.0608. The van der Waals surface area contributed by atoms with Gasteiger partial charge < -0.3 is 38.8 Å². The maximum Gasteiger partial charge on any atom is 0.410 e. The quantitative estimate of drug-likeness (QED) is 0.200. The number of nitrogens with zero attached hydrogens (tertiary/aromatic N) is 10. The number of aryl methyl sites for hydroxylation is 2. The molecule has 6 aliphatic rings. The molecule has 1 aromatic carbocycles. The van der Waals surface area contributed by atoms with Gasteiger partial charge in [0, 0.05) is 112 Å². The zero-order chi connectivity index (χ0) is 55.5. The molecule has 20 heteroatoms. The minimum atomic E-state index is -1.18. The van der Waals surface area contributed by atoms with Gasteiger partial charge in [-0.15, -0.1) is 0 Å². The van der Waals surface area contributed by atoms with Crippen LogP contribution in [-0.4, -0.2) is 170 Å². The third-order valence-corrected chi connectivity index (χ3v) is 16.9. The van der Waals surface area contributed by atoms with Crippen molar-refractivity contribution in [1.29, 1.82) is 0 Å². The molecule has 2 N–H and O–H groups in total. The number of methoxy groups -OCH3 is 1. The van der Waals surface area contributed by atoms with E-state index in [0.717, 1.165) is 70.8 Å². The second kappa shape index (κ2) is 21.8. The van der Waals surface area contributed by atoms with Gasteiger partial charge in [0.2, 0.25) is 11.8 Å². The Morgan fingerprint density at radius 2 is 1.68 bits per heavy atom. The van der Waals surface area contributed by atoms with Crippen LogP contribution in [-0.2, 0) is 59.3 Å². The van der Waals surface area contributed by atoms with E-state index in [0.29, 0.717) is 62.9 Å². The van der Waals surface area contributed by atoms with Crippen molar-refractivity contribution >= 4 is 46.4 Å². The van der Waals surface area contributed by atoms with E-state index in [1.807, 2.05) is 53.8 Å². The lowest BCUT2D eigenvalue weighted by molar-refractivity contribution is -0.155. The Hall–Kier alpha value is -6.12. The van der Waals surface area contributed by atoms with Crippen molar-refractivity contribution in [1.82, 2.24) is 54.8 Å². The first-order valence-corrected chi connectivity index (χ1v) is 28.6. The van der Waals surface area contributed by atoms with Crippen LogP contribution in [0.2, 0.25) is 0 Å². The number of esters is 1. The second-order valence-corrected chi connectivity index (χ2v) is 24.7. The largest absolute Gasteiger partial charge is 0.464 e. The minimum Gasteiger partial charge on any atom is -0.464 e. The second-order valence-electron chi connectivity index (χ2n) is 24.7. The number of ether oxygens (including phenoxy) is 3. The maximum absolute atomic E-state index is 15.0. The highest BCUT2D eigenvalue weighted by molar-refractivity contribution is 5.96. The van der Waals surface area contributed by atoms with E-state index in [2.05, 4.69) is 64.1 Å². The summed E-state index contributed by atoms with van der Waals surface area (Å²) >= 11 is 0. The standard InChI is InChI=1S/C58H82N12O8/c1-12-67-45-18-15-36-28-40(45)42(50(67)41-29-38(32-59-48(41)35(4)76-11)66-26-24-65(25-27-66)37-16-17-37)31-58(8,9)33-77-55(74)43-14-13-21-70(62-43)54(73)44-30-47-61-51(36)63-69(47)23-20-46-39(19-22-68(46)56(75)78-57(5,6)7)53(72)64(10)49(34(2)3)52(71)60-44/h15,18,28-29,32,34-35,37,39,43-44,46,49,62H,12-14,16-17,19-27,30-31,33H2,1-11H3,(H,60,71)/t35-,39-,43-,44-,46+,49-/m0/s1. The van der Waals surface area contributed by atoms with Crippen LogP contribution < -0.4 is 15.6 Å². The molecule has 5 aliphatic heterocycles. The Kier molecular flexibility index (Phi) is 15.5. The Morgan fingerprint density at radius 1 is 0.923 bits per heavy atom. The van der Waals surface area contributed by atoms with Gasteiger partial charge in [-0.05, 0) is 115 Å². The number of likely N-dealkylation sites (tertiary alicyclic amines) is 1. The molecule has 3 aromatic heterocycles. The third-order valence-electron chi connectivity index (χ3n) is 16.9. The number of nitrogens with one attached hydrogen (secondary N) is 2. The predicted octanol–water partition coefficient (Wildman–Crippen LogP) is 6.13. The van der Waals surface area contributed by atoms with Crippen molar-refractivity contribution in [3.63, 3.8) is 0 Å². The van der Waals surface area contributed by atoms with Crippen LogP contribution in [0.5, 0.6) is 0 Å². The van der Waals surface area contributed by atoms with Crippen LogP contribution in [0.15, 0.2) is 30.5 Å². The lowest BCUT2D eigenvalue weighted by Gasteiger charge is -2.37. The number of carbonyl (C=O) groups excluding carboxylic acids is 5. The van der Waals surface area contributed by atoms with E-state index >= 15 is 4.79 Å². The van der Waals surface area contributed by atoms with Crippen LogP contribution in [0.25, 0.3) is 33.5 Å². The first-order chi connectivity index (χ1) is 37.1. The number of cyclic esters (lactones) is 1.